The van der Waals surface area contributed by atoms with Gasteiger partial charge in [-0.25, -0.2) is 8.78 Å². The van der Waals surface area contributed by atoms with Gasteiger partial charge >= 0.3 is 0 Å². The molecule has 1 aliphatic rings. The third-order valence-electron chi connectivity index (χ3n) is 5.27. The first-order valence-corrected chi connectivity index (χ1v) is 10.5. The Hall–Kier alpha value is -3.17. The second-order valence-corrected chi connectivity index (χ2v) is 7.75. The number of allylic oxidation sites excluding steroid dienone is 1. The van der Waals surface area contributed by atoms with Gasteiger partial charge in [-0.05, 0) is 55.4 Å². The number of nitrogens with one attached hydrogen (secondary N) is 1. The Labute approximate surface area is 189 Å². The van der Waals surface area contributed by atoms with Gasteiger partial charge in [0.05, 0.1) is 11.6 Å². The maximum absolute atomic E-state index is 13.7. The van der Waals surface area contributed by atoms with Crippen molar-refractivity contribution in [1.82, 2.24) is 20.4 Å². The van der Waals surface area contributed by atoms with Crippen molar-refractivity contribution < 1.29 is 18.0 Å². The normalized spacial score (nSPS) is 16.4. The highest BCUT2D eigenvalue weighted by Crippen LogP contribution is 2.37. The minimum Gasteiger partial charge on any atom is -0.385 e. The molecule has 1 atom stereocenters. The molecule has 0 bridgehead atoms. The molecule has 1 aromatic heterocycles. The Bertz CT molecular complexity index is 1150. The molecule has 9 heteroatoms. The average Bonchev–Trinajstić information content (AvgIpc) is 3.26. The predicted octanol–water partition coefficient (Wildman–Crippen LogP) is 4.71. The lowest BCUT2D eigenvalue weighted by Crippen LogP contribution is -2.46. The van der Waals surface area contributed by atoms with Crippen molar-refractivity contribution in [2.75, 3.05) is 20.3 Å². The molecule has 6 nitrogen and oxygen atoms in total. The molecule has 2 aromatic carbocycles. The van der Waals surface area contributed by atoms with E-state index in [2.05, 4.69) is 15.5 Å². The van der Waals surface area contributed by atoms with E-state index in [0.717, 1.165) is 23.3 Å². The predicted molar refractivity (Wildman–Crippen MR) is 120 cm³/mol. The third kappa shape index (κ3) is 4.53. The van der Waals surface area contributed by atoms with Gasteiger partial charge in [0.25, 0.3) is 5.89 Å². The second-order valence-electron chi connectivity index (χ2n) is 7.36. The summed E-state index contributed by atoms with van der Waals surface area (Å²) in [6.07, 6.45) is 0.766. The highest BCUT2D eigenvalue weighted by molar-refractivity contribution is 7.80. The fourth-order valence-electron chi connectivity index (χ4n) is 3.68. The highest BCUT2D eigenvalue weighted by atomic mass is 32.1. The van der Waals surface area contributed by atoms with Crippen molar-refractivity contribution in [1.29, 1.82) is 0 Å². The molecule has 0 fully saturated rings. The first-order chi connectivity index (χ1) is 15.5. The van der Waals surface area contributed by atoms with E-state index in [-0.39, 0.29) is 23.3 Å². The summed E-state index contributed by atoms with van der Waals surface area (Å²) in [5.74, 6) is -0.163. The van der Waals surface area contributed by atoms with Gasteiger partial charge in [0, 0.05) is 31.5 Å². The molecule has 1 aliphatic heterocycles. The zero-order valence-electron chi connectivity index (χ0n) is 17.6. The molecule has 1 N–H and O–H groups in total. The van der Waals surface area contributed by atoms with Gasteiger partial charge in [0.15, 0.2) is 5.11 Å². The quantitative estimate of drug-likeness (QED) is 0.408. The fraction of sp³-hybridized carbons (Fsp3) is 0.261. The van der Waals surface area contributed by atoms with Crippen molar-refractivity contribution in [3.63, 3.8) is 0 Å². The van der Waals surface area contributed by atoms with Crippen LogP contribution in [0.5, 0.6) is 0 Å². The molecule has 0 spiro atoms. The Balaban J connectivity index is 1.77. The number of halogens is 2. The lowest BCUT2D eigenvalue weighted by Gasteiger charge is -2.37. The number of rotatable bonds is 7. The highest BCUT2D eigenvalue weighted by Gasteiger charge is 2.34. The van der Waals surface area contributed by atoms with E-state index < -0.39 is 6.04 Å². The summed E-state index contributed by atoms with van der Waals surface area (Å²) >= 11 is 5.61. The van der Waals surface area contributed by atoms with E-state index >= 15 is 0 Å². The number of benzene rings is 2. The minimum absolute atomic E-state index is 0.275. The van der Waals surface area contributed by atoms with Crippen molar-refractivity contribution in [2.45, 2.75) is 19.4 Å². The van der Waals surface area contributed by atoms with Gasteiger partial charge in [-0.2, -0.15) is 4.98 Å². The zero-order chi connectivity index (χ0) is 22.7. The Morgan fingerprint density at radius 2 is 1.94 bits per heavy atom. The van der Waals surface area contributed by atoms with Crippen LogP contribution in [0, 0.1) is 11.6 Å². The van der Waals surface area contributed by atoms with Crippen LogP contribution in [0.2, 0.25) is 0 Å². The smallest absolute Gasteiger partial charge is 0.258 e. The average molecular weight is 457 g/mol. The molecule has 1 unspecified atom stereocenters. The molecule has 0 aliphatic carbocycles. The summed E-state index contributed by atoms with van der Waals surface area (Å²) in [4.78, 5) is 6.49. The van der Waals surface area contributed by atoms with Crippen molar-refractivity contribution in [3.8, 4) is 11.4 Å². The van der Waals surface area contributed by atoms with Gasteiger partial charge in [-0.1, -0.05) is 29.4 Å². The fourth-order valence-corrected chi connectivity index (χ4v) is 4.02. The van der Waals surface area contributed by atoms with Crippen molar-refractivity contribution in [2.24, 2.45) is 0 Å². The van der Waals surface area contributed by atoms with Crippen molar-refractivity contribution in [3.05, 3.63) is 77.3 Å². The molecule has 2 heterocycles. The Kier molecular flexibility index (Phi) is 6.57. The second kappa shape index (κ2) is 9.54. The summed E-state index contributed by atoms with van der Waals surface area (Å²) in [5, 5.41) is 7.91. The minimum atomic E-state index is -0.414. The molecule has 0 saturated carbocycles. The summed E-state index contributed by atoms with van der Waals surface area (Å²) in [5.41, 5.74) is 2.87. The van der Waals surface area contributed by atoms with E-state index in [1.165, 1.54) is 24.3 Å². The van der Waals surface area contributed by atoms with Crippen LogP contribution in [0.25, 0.3) is 17.0 Å². The molecule has 3 aromatic rings. The third-order valence-corrected chi connectivity index (χ3v) is 5.61. The maximum atomic E-state index is 13.7. The van der Waals surface area contributed by atoms with E-state index in [1.54, 1.807) is 31.4 Å². The summed E-state index contributed by atoms with van der Waals surface area (Å²) in [6, 6.07) is 11.7. The van der Waals surface area contributed by atoms with Crippen LogP contribution in [0.15, 0.2) is 58.8 Å². The molecule has 0 radical (unpaired) electrons. The van der Waals surface area contributed by atoms with Gasteiger partial charge in [-0.3, -0.25) is 0 Å². The number of aromatic nitrogens is 2. The number of thiocarbonyl (C=S) groups is 1. The Morgan fingerprint density at radius 1 is 1.16 bits per heavy atom. The van der Waals surface area contributed by atoms with Crippen molar-refractivity contribution >= 4 is 22.9 Å². The molecule has 0 amide bonds. The first kappa shape index (κ1) is 22.0. The maximum Gasteiger partial charge on any atom is 0.258 e. The number of hydrogen-bond donors (Lipinski definition) is 1. The topological polar surface area (TPSA) is 63.4 Å². The SMILES string of the molecule is COCCCN1C(=S)NC(c2ccc(F)cc2)C(c2nc(-c3cccc(F)c3)no2)=C1C. The van der Waals surface area contributed by atoms with Crippen LogP contribution in [0.3, 0.4) is 0 Å². The van der Waals surface area contributed by atoms with Gasteiger partial charge in [0.1, 0.15) is 11.6 Å². The summed E-state index contributed by atoms with van der Waals surface area (Å²) < 4.78 is 38.0. The monoisotopic (exact) mass is 456 g/mol. The van der Waals surface area contributed by atoms with Crippen LogP contribution in [-0.2, 0) is 4.74 Å². The standard InChI is InChI=1S/C23H22F2N4O2S/c1-14-19(22-27-21(28-31-22)16-5-3-6-18(25)13-16)20(15-7-9-17(24)10-8-15)26-23(32)29(14)11-4-12-30-2/h3,5-10,13,20H,4,11-12H2,1-2H3,(H,26,32). The lowest BCUT2D eigenvalue weighted by atomic mass is 9.94. The molecule has 0 saturated heterocycles. The molecule has 32 heavy (non-hydrogen) atoms. The Morgan fingerprint density at radius 3 is 2.66 bits per heavy atom. The lowest BCUT2D eigenvalue weighted by molar-refractivity contribution is 0.188. The van der Waals surface area contributed by atoms with E-state index in [1.807, 2.05) is 11.8 Å². The molecular weight excluding hydrogens is 434 g/mol. The van der Waals surface area contributed by atoms with E-state index in [4.69, 9.17) is 21.5 Å². The van der Waals surface area contributed by atoms with Crippen LogP contribution < -0.4 is 5.32 Å². The van der Waals surface area contributed by atoms with Crippen LogP contribution >= 0.6 is 12.2 Å². The van der Waals surface area contributed by atoms with Crippen LogP contribution in [-0.4, -0.2) is 40.4 Å². The van der Waals surface area contributed by atoms with Crippen LogP contribution in [0.1, 0.15) is 30.8 Å². The number of hydrogen-bond acceptors (Lipinski definition) is 5. The first-order valence-electron chi connectivity index (χ1n) is 10.1. The zero-order valence-corrected chi connectivity index (χ0v) is 18.5. The van der Waals surface area contributed by atoms with Crippen LogP contribution in [0.4, 0.5) is 8.78 Å². The van der Waals surface area contributed by atoms with Gasteiger partial charge in [0.2, 0.25) is 5.82 Å². The van der Waals surface area contributed by atoms with Gasteiger partial charge in [-0.15, -0.1) is 0 Å². The molecule has 4 rings (SSSR count). The largest absolute Gasteiger partial charge is 0.385 e. The molecular formula is C23H22F2N4O2S. The van der Waals surface area contributed by atoms with E-state index in [0.29, 0.717) is 23.8 Å². The molecule has 166 valence electrons. The number of nitrogens with zero attached hydrogens (tertiary/aromatic N) is 3. The summed E-state index contributed by atoms with van der Waals surface area (Å²) in [6.45, 7) is 3.15. The van der Waals surface area contributed by atoms with Gasteiger partial charge < -0.3 is 19.5 Å². The van der Waals surface area contributed by atoms with E-state index in [9.17, 15) is 8.78 Å². The summed E-state index contributed by atoms with van der Waals surface area (Å²) in [7, 11) is 1.65. The number of methoxy groups -OCH3 is 1. The number of ether oxygens (including phenoxy) is 1.